The zero-order chi connectivity index (χ0) is 20.0. The predicted molar refractivity (Wildman–Crippen MR) is 101 cm³/mol. The Kier molecular flexibility index (Phi) is 6.32. The molecule has 2 aromatic rings. The largest absolute Gasteiger partial charge is 0.504 e. The summed E-state index contributed by atoms with van der Waals surface area (Å²) >= 11 is 0. The molecule has 1 atom stereocenters. The molecule has 0 bridgehead atoms. The second-order valence-electron chi connectivity index (χ2n) is 5.81. The number of phenols is 1. The van der Waals surface area contributed by atoms with Gasteiger partial charge in [0.1, 0.15) is 6.04 Å². The molecule has 0 fully saturated rings. The van der Waals surface area contributed by atoms with Crippen molar-refractivity contribution >= 4 is 23.5 Å². The zero-order valence-electron chi connectivity index (χ0n) is 15.1. The Morgan fingerprint density at radius 1 is 1.33 bits per heavy atom. The van der Waals surface area contributed by atoms with Crippen LogP contribution in [0.1, 0.15) is 18.1 Å². The summed E-state index contributed by atoms with van der Waals surface area (Å²) in [6, 6.07) is 9.21. The number of benzene rings is 2. The molecule has 0 aromatic heterocycles. The van der Waals surface area contributed by atoms with Crippen LogP contribution in [0.5, 0.6) is 11.5 Å². The molecule has 0 aliphatic rings. The van der Waals surface area contributed by atoms with Crippen molar-refractivity contribution in [3.63, 3.8) is 0 Å². The lowest BCUT2D eigenvalue weighted by atomic mass is 10.2. The van der Waals surface area contributed by atoms with Gasteiger partial charge >= 0.3 is 0 Å². The summed E-state index contributed by atoms with van der Waals surface area (Å²) in [7, 11) is 1.28. The zero-order valence-corrected chi connectivity index (χ0v) is 15.1. The average Bonchev–Trinajstić information content (AvgIpc) is 2.64. The number of hydrazone groups is 1. The van der Waals surface area contributed by atoms with E-state index in [1.165, 1.54) is 7.11 Å². The van der Waals surface area contributed by atoms with Gasteiger partial charge in [-0.3, -0.25) is 14.9 Å². The first-order valence-corrected chi connectivity index (χ1v) is 8.03. The van der Waals surface area contributed by atoms with Crippen LogP contribution in [-0.2, 0) is 4.79 Å². The maximum Gasteiger partial charge on any atom is 0.274 e. The van der Waals surface area contributed by atoms with Crippen LogP contribution >= 0.6 is 0 Å². The minimum atomic E-state index is -0.620. The van der Waals surface area contributed by atoms with E-state index in [-0.39, 0.29) is 22.7 Å². The van der Waals surface area contributed by atoms with E-state index >= 15 is 0 Å². The van der Waals surface area contributed by atoms with Crippen molar-refractivity contribution in [1.29, 1.82) is 0 Å². The van der Waals surface area contributed by atoms with E-state index in [1.54, 1.807) is 6.92 Å². The van der Waals surface area contributed by atoms with Crippen LogP contribution < -0.4 is 15.5 Å². The van der Waals surface area contributed by atoms with Crippen LogP contribution in [0.4, 0.5) is 11.4 Å². The average molecular weight is 372 g/mol. The quantitative estimate of drug-likeness (QED) is 0.389. The summed E-state index contributed by atoms with van der Waals surface area (Å²) in [6.45, 7) is 3.63. The Balaban J connectivity index is 2.05. The van der Waals surface area contributed by atoms with E-state index in [4.69, 9.17) is 4.74 Å². The summed E-state index contributed by atoms with van der Waals surface area (Å²) in [4.78, 5) is 22.4. The molecule has 0 saturated carbocycles. The number of nitro benzene ring substituents is 1. The number of nitro groups is 1. The fraction of sp³-hybridized carbons (Fsp3) is 0.222. The third-order valence-corrected chi connectivity index (χ3v) is 3.73. The summed E-state index contributed by atoms with van der Waals surface area (Å²) in [5.41, 5.74) is 3.98. The van der Waals surface area contributed by atoms with Gasteiger partial charge in [0.15, 0.2) is 11.5 Å². The normalized spacial score (nSPS) is 11.8. The van der Waals surface area contributed by atoms with Gasteiger partial charge in [0.2, 0.25) is 0 Å². The standard InChI is InChI=1S/C18H20N4O5/c1-11-4-6-14(7-5-11)20-12(2)18(24)21-19-10-13-8-15(22(25)26)9-16(27-3)17(13)23/h4-10,12,20,23H,1-3H3,(H,21,24)/b19-10-/t12-/m1/s1. The Labute approximate surface area is 155 Å². The third kappa shape index (κ3) is 5.18. The first-order chi connectivity index (χ1) is 12.8. The highest BCUT2D eigenvalue weighted by atomic mass is 16.6. The van der Waals surface area contributed by atoms with Gasteiger partial charge in [0.25, 0.3) is 11.6 Å². The smallest absolute Gasteiger partial charge is 0.274 e. The molecular formula is C18H20N4O5. The summed E-state index contributed by atoms with van der Waals surface area (Å²) in [5.74, 6) is -0.790. The number of amides is 1. The van der Waals surface area contributed by atoms with Crippen LogP contribution in [0.25, 0.3) is 0 Å². The molecule has 27 heavy (non-hydrogen) atoms. The van der Waals surface area contributed by atoms with Crippen LogP contribution in [0.2, 0.25) is 0 Å². The van der Waals surface area contributed by atoms with Crippen LogP contribution in [0, 0.1) is 17.0 Å². The maximum absolute atomic E-state index is 12.1. The van der Waals surface area contributed by atoms with Crippen molar-refractivity contribution in [2.45, 2.75) is 19.9 Å². The maximum atomic E-state index is 12.1. The molecule has 2 rings (SSSR count). The van der Waals surface area contributed by atoms with Crippen molar-refractivity contribution in [2.75, 3.05) is 12.4 Å². The topological polar surface area (TPSA) is 126 Å². The van der Waals surface area contributed by atoms with E-state index in [0.29, 0.717) is 0 Å². The minimum absolute atomic E-state index is 0.0421. The molecule has 0 unspecified atom stereocenters. The molecule has 0 spiro atoms. The van der Waals surface area contributed by atoms with Gasteiger partial charge in [-0.25, -0.2) is 5.43 Å². The Morgan fingerprint density at radius 3 is 2.59 bits per heavy atom. The molecule has 1 amide bonds. The molecule has 9 heteroatoms. The molecule has 3 N–H and O–H groups in total. The molecule has 142 valence electrons. The number of methoxy groups -OCH3 is 1. The highest BCUT2D eigenvalue weighted by Crippen LogP contribution is 2.33. The number of aryl methyl sites for hydroxylation is 1. The lowest BCUT2D eigenvalue weighted by Crippen LogP contribution is -2.34. The lowest BCUT2D eigenvalue weighted by molar-refractivity contribution is -0.385. The summed E-state index contributed by atoms with van der Waals surface area (Å²) in [6.07, 6.45) is 1.11. The number of phenolic OH excluding ortho intramolecular Hbond substituents is 1. The SMILES string of the molecule is COc1cc([N+](=O)[O-])cc(/C=N\NC(=O)[C@@H](C)Nc2ccc(C)cc2)c1O. The van der Waals surface area contributed by atoms with Crippen LogP contribution in [0.15, 0.2) is 41.5 Å². The van der Waals surface area contributed by atoms with E-state index in [0.717, 1.165) is 29.6 Å². The van der Waals surface area contributed by atoms with Gasteiger partial charge in [-0.05, 0) is 26.0 Å². The fourth-order valence-electron chi connectivity index (χ4n) is 2.20. The number of anilines is 1. The first kappa shape index (κ1) is 19.7. The van der Waals surface area contributed by atoms with Crippen molar-refractivity contribution in [3.8, 4) is 11.5 Å². The number of non-ortho nitro benzene ring substituents is 1. The van der Waals surface area contributed by atoms with Gasteiger partial charge in [-0.2, -0.15) is 5.10 Å². The number of nitrogens with zero attached hydrogens (tertiary/aromatic N) is 2. The van der Waals surface area contributed by atoms with Crippen molar-refractivity contribution in [3.05, 3.63) is 57.6 Å². The van der Waals surface area contributed by atoms with E-state index in [9.17, 15) is 20.0 Å². The molecule has 0 aliphatic heterocycles. The Hall–Kier alpha value is -3.62. The molecule has 9 nitrogen and oxygen atoms in total. The van der Waals surface area contributed by atoms with Crippen molar-refractivity contribution in [2.24, 2.45) is 5.10 Å². The van der Waals surface area contributed by atoms with E-state index < -0.39 is 16.9 Å². The monoisotopic (exact) mass is 372 g/mol. The Morgan fingerprint density at radius 2 is 2.00 bits per heavy atom. The fourth-order valence-corrected chi connectivity index (χ4v) is 2.20. The molecule has 2 aromatic carbocycles. The number of rotatable bonds is 7. The second kappa shape index (κ2) is 8.65. The van der Waals surface area contributed by atoms with Crippen molar-refractivity contribution in [1.82, 2.24) is 5.43 Å². The van der Waals surface area contributed by atoms with Crippen molar-refractivity contribution < 1.29 is 19.6 Å². The van der Waals surface area contributed by atoms with Gasteiger partial charge in [0.05, 0.1) is 24.3 Å². The molecule has 0 heterocycles. The number of carbonyl (C=O) groups is 1. The van der Waals surface area contributed by atoms with Crippen LogP contribution in [-0.4, -0.2) is 35.3 Å². The number of hydrogen-bond donors (Lipinski definition) is 3. The molecule has 0 radical (unpaired) electrons. The third-order valence-electron chi connectivity index (χ3n) is 3.73. The first-order valence-electron chi connectivity index (χ1n) is 8.03. The highest BCUT2D eigenvalue weighted by Gasteiger charge is 2.16. The molecular weight excluding hydrogens is 352 g/mol. The molecule has 0 saturated heterocycles. The lowest BCUT2D eigenvalue weighted by Gasteiger charge is -2.13. The van der Waals surface area contributed by atoms with Gasteiger partial charge in [-0.1, -0.05) is 17.7 Å². The minimum Gasteiger partial charge on any atom is -0.504 e. The van der Waals surface area contributed by atoms with E-state index in [1.807, 2.05) is 31.2 Å². The van der Waals surface area contributed by atoms with Gasteiger partial charge in [0, 0.05) is 17.3 Å². The highest BCUT2D eigenvalue weighted by molar-refractivity contribution is 5.89. The number of hydrogen-bond acceptors (Lipinski definition) is 7. The predicted octanol–water partition coefficient (Wildman–Crippen LogP) is 2.57. The molecule has 0 aliphatic carbocycles. The number of carbonyl (C=O) groups excluding carboxylic acids is 1. The number of aromatic hydroxyl groups is 1. The van der Waals surface area contributed by atoms with Gasteiger partial charge in [-0.15, -0.1) is 0 Å². The number of ether oxygens (including phenoxy) is 1. The van der Waals surface area contributed by atoms with Crippen LogP contribution in [0.3, 0.4) is 0 Å². The summed E-state index contributed by atoms with van der Waals surface area (Å²) in [5, 5.41) is 27.7. The summed E-state index contributed by atoms with van der Waals surface area (Å²) < 4.78 is 4.90. The number of nitrogens with one attached hydrogen (secondary N) is 2. The second-order valence-corrected chi connectivity index (χ2v) is 5.81. The van der Waals surface area contributed by atoms with Gasteiger partial charge < -0.3 is 15.2 Å². The van der Waals surface area contributed by atoms with E-state index in [2.05, 4.69) is 15.8 Å². The Bertz CT molecular complexity index is 865.